The number of thioether (sulfide) groups is 1. The van der Waals surface area contributed by atoms with Gasteiger partial charge in [0.25, 0.3) is 0 Å². The molecular formula is C21H26ClNOS. The van der Waals surface area contributed by atoms with Crippen LogP contribution in [0.1, 0.15) is 43.7 Å². The van der Waals surface area contributed by atoms with Crippen LogP contribution in [0.25, 0.3) is 0 Å². The van der Waals surface area contributed by atoms with E-state index in [-0.39, 0.29) is 5.91 Å². The maximum absolute atomic E-state index is 11.9. The first kappa shape index (κ1) is 19.9. The van der Waals surface area contributed by atoms with Crippen LogP contribution in [0, 0.1) is 0 Å². The van der Waals surface area contributed by atoms with Crippen molar-refractivity contribution in [2.75, 3.05) is 12.3 Å². The third-order valence-electron chi connectivity index (χ3n) is 4.02. The summed E-state index contributed by atoms with van der Waals surface area (Å²) in [6.07, 6.45) is 2.51. The molecule has 0 aromatic heterocycles. The first-order valence-corrected chi connectivity index (χ1v) is 10.1. The number of amides is 1. The molecule has 1 N–H and O–H groups in total. The second kappa shape index (κ2) is 10.5. The van der Waals surface area contributed by atoms with E-state index in [0.29, 0.717) is 12.3 Å². The van der Waals surface area contributed by atoms with Crippen LogP contribution in [0.2, 0.25) is 5.02 Å². The fourth-order valence-electron chi connectivity index (χ4n) is 2.47. The van der Waals surface area contributed by atoms with E-state index < -0.39 is 0 Å². The van der Waals surface area contributed by atoms with E-state index in [1.54, 1.807) is 11.8 Å². The topological polar surface area (TPSA) is 29.1 Å². The van der Waals surface area contributed by atoms with Crippen LogP contribution in [0.15, 0.2) is 53.4 Å². The molecule has 0 spiro atoms. The van der Waals surface area contributed by atoms with Crippen molar-refractivity contribution < 1.29 is 4.79 Å². The monoisotopic (exact) mass is 375 g/mol. The Morgan fingerprint density at radius 3 is 2.40 bits per heavy atom. The first-order valence-electron chi connectivity index (χ1n) is 8.78. The summed E-state index contributed by atoms with van der Waals surface area (Å²) in [5, 5.41) is 3.74. The van der Waals surface area contributed by atoms with Gasteiger partial charge in [-0.05, 0) is 54.2 Å². The number of aryl methyl sites for hydroxylation is 1. The second-order valence-corrected chi connectivity index (χ2v) is 8.01. The van der Waals surface area contributed by atoms with Gasteiger partial charge < -0.3 is 5.32 Å². The number of benzene rings is 2. The average molecular weight is 376 g/mol. The summed E-state index contributed by atoms with van der Waals surface area (Å²) in [7, 11) is 0. The average Bonchev–Trinajstić information content (AvgIpc) is 2.61. The zero-order valence-electron chi connectivity index (χ0n) is 14.9. The maximum Gasteiger partial charge on any atom is 0.220 e. The third kappa shape index (κ3) is 7.54. The molecule has 0 unspecified atom stereocenters. The Balaban J connectivity index is 1.58. The number of hydrogen-bond donors (Lipinski definition) is 1. The van der Waals surface area contributed by atoms with Gasteiger partial charge in [0.2, 0.25) is 5.91 Å². The highest BCUT2D eigenvalue weighted by Gasteiger charge is 2.03. The molecule has 0 fully saturated rings. The summed E-state index contributed by atoms with van der Waals surface area (Å²) >= 11 is 7.54. The largest absolute Gasteiger partial charge is 0.356 e. The number of carbonyl (C=O) groups is 1. The Kier molecular flexibility index (Phi) is 8.36. The van der Waals surface area contributed by atoms with Crippen molar-refractivity contribution >= 4 is 29.3 Å². The molecule has 0 aliphatic heterocycles. The number of carbonyl (C=O) groups excluding carboxylic acids is 1. The van der Waals surface area contributed by atoms with E-state index in [0.717, 1.165) is 35.1 Å². The van der Waals surface area contributed by atoms with Crippen molar-refractivity contribution in [1.82, 2.24) is 5.32 Å². The molecule has 0 aliphatic rings. The van der Waals surface area contributed by atoms with Crippen LogP contribution in [-0.4, -0.2) is 18.2 Å². The lowest BCUT2D eigenvalue weighted by Crippen LogP contribution is -2.24. The summed E-state index contributed by atoms with van der Waals surface area (Å²) in [4.78, 5) is 13.0. The number of hydrogen-bond acceptors (Lipinski definition) is 2. The highest BCUT2D eigenvalue weighted by molar-refractivity contribution is 7.99. The highest BCUT2D eigenvalue weighted by Crippen LogP contribution is 2.20. The van der Waals surface area contributed by atoms with Crippen LogP contribution in [0.4, 0.5) is 0 Å². The summed E-state index contributed by atoms with van der Waals surface area (Å²) in [5.41, 5.74) is 2.70. The predicted octanol–water partition coefficient (Wildman–Crippen LogP) is 5.69. The van der Waals surface area contributed by atoms with Gasteiger partial charge in [0.15, 0.2) is 0 Å². The fraction of sp³-hybridized carbons (Fsp3) is 0.381. The Morgan fingerprint density at radius 2 is 1.76 bits per heavy atom. The predicted molar refractivity (Wildman–Crippen MR) is 109 cm³/mol. The van der Waals surface area contributed by atoms with E-state index in [9.17, 15) is 4.79 Å². The molecule has 2 rings (SSSR count). The minimum Gasteiger partial charge on any atom is -0.356 e. The van der Waals surface area contributed by atoms with Gasteiger partial charge in [-0.15, -0.1) is 11.8 Å². The number of nitrogens with one attached hydrogen (secondary N) is 1. The van der Waals surface area contributed by atoms with Gasteiger partial charge in [-0.2, -0.15) is 0 Å². The molecule has 0 radical (unpaired) electrons. The molecular weight excluding hydrogens is 350 g/mol. The van der Waals surface area contributed by atoms with E-state index in [1.807, 2.05) is 24.3 Å². The molecule has 0 bridgehead atoms. The molecule has 0 atom stereocenters. The lowest BCUT2D eigenvalue weighted by molar-refractivity contribution is -0.120. The Hall–Kier alpha value is -1.45. The lowest BCUT2D eigenvalue weighted by atomic mass is 10.0. The fourth-order valence-corrected chi connectivity index (χ4v) is 3.45. The molecule has 25 heavy (non-hydrogen) atoms. The summed E-state index contributed by atoms with van der Waals surface area (Å²) in [6.45, 7) is 5.14. The van der Waals surface area contributed by atoms with Gasteiger partial charge in [0.05, 0.1) is 0 Å². The third-order valence-corrected chi connectivity index (χ3v) is 5.29. The van der Waals surface area contributed by atoms with Crippen molar-refractivity contribution in [3.05, 3.63) is 64.7 Å². The van der Waals surface area contributed by atoms with E-state index in [4.69, 9.17) is 11.6 Å². The van der Waals surface area contributed by atoms with Crippen molar-refractivity contribution in [2.24, 2.45) is 0 Å². The molecule has 0 saturated carbocycles. The minimum atomic E-state index is 0.122. The molecule has 0 heterocycles. The van der Waals surface area contributed by atoms with E-state index >= 15 is 0 Å². The Labute approximate surface area is 160 Å². The molecule has 2 nitrogen and oxygen atoms in total. The van der Waals surface area contributed by atoms with Gasteiger partial charge in [-0.3, -0.25) is 4.79 Å². The highest BCUT2D eigenvalue weighted by atomic mass is 35.5. The maximum atomic E-state index is 11.9. The van der Waals surface area contributed by atoms with Crippen LogP contribution >= 0.6 is 23.4 Å². The summed E-state index contributed by atoms with van der Waals surface area (Å²) in [5.74, 6) is 1.47. The van der Waals surface area contributed by atoms with E-state index in [2.05, 4.69) is 43.4 Å². The second-order valence-electron chi connectivity index (χ2n) is 6.40. The van der Waals surface area contributed by atoms with Gasteiger partial charge in [-0.25, -0.2) is 0 Å². The smallest absolute Gasteiger partial charge is 0.220 e. The Bertz CT molecular complexity index is 653. The van der Waals surface area contributed by atoms with Crippen molar-refractivity contribution in [3.8, 4) is 0 Å². The first-order chi connectivity index (χ1) is 12.0. The van der Waals surface area contributed by atoms with Crippen molar-refractivity contribution in [1.29, 1.82) is 0 Å². The van der Waals surface area contributed by atoms with Crippen molar-refractivity contribution in [2.45, 2.75) is 43.9 Å². The molecule has 134 valence electrons. The zero-order chi connectivity index (χ0) is 18.1. The number of rotatable bonds is 9. The Morgan fingerprint density at radius 1 is 1.08 bits per heavy atom. The standard InChI is InChI=1S/C21H26ClNOS/c1-16(2)18-7-5-17(6-8-18)4-3-14-23-21(24)13-15-25-20-11-9-19(22)10-12-20/h5-12,16H,3-4,13-15H2,1-2H3,(H,23,24). The summed E-state index contributed by atoms with van der Waals surface area (Å²) in [6, 6.07) is 16.5. The van der Waals surface area contributed by atoms with Gasteiger partial charge in [-0.1, -0.05) is 49.7 Å². The minimum absolute atomic E-state index is 0.122. The van der Waals surface area contributed by atoms with Crippen LogP contribution < -0.4 is 5.32 Å². The SMILES string of the molecule is CC(C)c1ccc(CCCNC(=O)CCSc2ccc(Cl)cc2)cc1. The van der Waals surface area contributed by atoms with E-state index in [1.165, 1.54) is 11.1 Å². The normalized spacial score (nSPS) is 10.9. The van der Waals surface area contributed by atoms with Gasteiger partial charge >= 0.3 is 0 Å². The van der Waals surface area contributed by atoms with Crippen LogP contribution in [0.3, 0.4) is 0 Å². The quantitative estimate of drug-likeness (QED) is 0.450. The number of halogens is 1. The summed E-state index contributed by atoms with van der Waals surface area (Å²) < 4.78 is 0. The molecule has 2 aromatic rings. The van der Waals surface area contributed by atoms with Crippen LogP contribution in [-0.2, 0) is 11.2 Å². The lowest BCUT2D eigenvalue weighted by Gasteiger charge is -2.08. The molecule has 0 saturated heterocycles. The van der Waals surface area contributed by atoms with Gasteiger partial charge in [0, 0.05) is 28.6 Å². The molecule has 1 amide bonds. The van der Waals surface area contributed by atoms with Crippen molar-refractivity contribution in [3.63, 3.8) is 0 Å². The molecule has 0 aliphatic carbocycles. The molecule has 2 aromatic carbocycles. The van der Waals surface area contributed by atoms with Crippen LogP contribution in [0.5, 0.6) is 0 Å². The van der Waals surface area contributed by atoms with Gasteiger partial charge in [0.1, 0.15) is 0 Å². The molecule has 4 heteroatoms. The zero-order valence-corrected chi connectivity index (χ0v) is 16.5.